The van der Waals surface area contributed by atoms with Gasteiger partial charge in [-0.3, -0.25) is 4.79 Å². The van der Waals surface area contributed by atoms with E-state index in [0.717, 1.165) is 0 Å². The van der Waals surface area contributed by atoms with Crippen molar-refractivity contribution in [3.63, 3.8) is 0 Å². The van der Waals surface area contributed by atoms with Crippen LogP contribution in [0.25, 0.3) is 0 Å². The van der Waals surface area contributed by atoms with Gasteiger partial charge in [0.1, 0.15) is 5.82 Å². The smallest absolute Gasteiger partial charge is 0.335 e. The van der Waals surface area contributed by atoms with Crippen molar-refractivity contribution in [1.82, 2.24) is 9.97 Å². The molecule has 0 bridgehead atoms. The molecule has 1 aromatic carbocycles. The Hall–Kier alpha value is -2.80. The fourth-order valence-electron chi connectivity index (χ4n) is 2.14. The highest BCUT2D eigenvalue weighted by Crippen LogP contribution is 2.17. The van der Waals surface area contributed by atoms with Crippen molar-refractivity contribution in [1.29, 1.82) is 0 Å². The summed E-state index contributed by atoms with van der Waals surface area (Å²) >= 11 is 0. The first kappa shape index (κ1) is 16.6. The van der Waals surface area contributed by atoms with E-state index in [1.807, 2.05) is 0 Å². The number of hydrogen-bond donors (Lipinski definition) is 2. The number of carboxylic acid groups (broad SMARTS) is 1. The molecule has 0 saturated carbocycles. The number of aromatic nitrogens is 2. The molecule has 1 aromatic heterocycles. The van der Waals surface area contributed by atoms with Crippen LogP contribution in [0.1, 0.15) is 37.8 Å². The lowest BCUT2D eigenvalue weighted by Crippen LogP contribution is -2.16. The largest absolute Gasteiger partial charge is 0.478 e. The molecule has 7 heteroatoms. The summed E-state index contributed by atoms with van der Waals surface area (Å²) in [5.41, 5.74) is 2.00. The van der Waals surface area contributed by atoms with Gasteiger partial charge in [0, 0.05) is 19.0 Å². The number of ether oxygens (including phenoxy) is 1. The molecule has 2 N–H and O–H groups in total. The van der Waals surface area contributed by atoms with Crippen molar-refractivity contribution in [3.05, 3.63) is 52.6 Å². The molecule has 2 aromatic rings. The van der Waals surface area contributed by atoms with E-state index >= 15 is 0 Å². The van der Waals surface area contributed by atoms with E-state index in [0.29, 0.717) is 28.3 Å². The fourth-order valence-corrected chi connectivity index (χ4v) is 2.14. The molecule has 0 aliphatic carbocycles. The summed E-state index contributed by atoms with van der Waals surface area (Å²) in [6, 6.07) is 4.56. The van der Waals surface area contributed by atoms with Gasteiger partial charge in [-0.2, -0.15) is 0 Å². The van der Waals surface area contributed by atoms with Crippen LogP contribution in [0.2, 0.25) is 0 Å². The van der Waals surface area contributed by atoms with Crippen molar-refractivity contribution in [3.8, 4) is 0 Å². The second kappa shape index (κ2) is 6.97. The summed E-state index contributed by atoms with van der Waals surface area (Å²) in [5, 5.41) is 11.8. The second-order valence-electron chi connectivity index (χ2n) is 5.03. The number of nitrogens with one attached hydrogen (secondary N) is 1. The van der Waals surface area contributed by atoms with Crippen molar-refractivity contribution in [2.45, 2.75) is 20.5 Å². The number of carbonyl (C=O) groups is 2. The molecule has 0 radical (unpaired) electrons. The molecule has 0 spiro atoms. The molecule has 120 valence electrons. The maximum absolute atomic E-state index is 12.3. The average Bonchev–Trinajstić information content (AvgIpc) is 2.47. The molecule has 0 fully saturated rings. The van der Waals surface area contributed by atoms with E-state index in [2.05, 4.69) is 15.3 Å². The predicted octanol–water partition coefficient (Wildman–Crippen LogP) is 2.19. The SMILES string of the molecule is COCc1cc(NC(=O)c2cnc(C)nc2C)cc(C(=O)O)c1. The summed E-state index contributed by atoms with van der Waals surface area (Å²) < 4.78 is 5.01. The highest BCUT2D eigenvalue weighted by molar-refractivity contribution is 6.05. The Morgan fingerprint density at radius 3 is 2.61 bits per heavy atom. The van der Waals surface area contributed by atoms with E-state index < -0.39 is 11.9 Å². The zero-order chi connectivity index (χ0) is 17.0. The number of carbonyl (C=O) groups excluding carboxylic acids is 1. The van der Waals surface area contributed by atoms with Gasteiger partial charge < -0.3 is 15.2 Å². The zero-order valence-corrected chi connectivity index (χ0v) is 13.1. The Balaban J connectivity index is 2.31. The lowest BCUT2D eigenvalue weighted by Gasteiger charge is -2.10. The van der Waals surface area contributed by atoms with Crippen LogP contribution >= 0.6 is 0 Å². The fraction of sp³-hybridized carbons (Fsp3) is 0.250. The van der Waals surface area contributed by atoms with Gasteiger partial charge in [0.15, 0.2) is 0 Å². The number of aromatic carboxylic acids is 1. The van der Waals surface area contributed by atoms with Crippen LogP contribution in [-0.4, -0.2) is 34.1 Å². The number of carboxylic acids is 1. The summed E-state index contributed by atoms with van der Waals surface area (Å²) in [5.74, 6) is -0.893. The highest BCUT2D eigenvalue weighted by atomic mass is 16.5. The summed E-state index contributed by atoms with van der Waals surface area (Å²) in [6.07, 6.45) is 1.45. The maximum atomic E-state index is 12.3. The lowest BCUT2D eigenvalue weighted by molar-refractivity contribution is 0.0696. The normalized spacial score (nSPS) is 10.4. The van der Waals surface area contributed by atoms with Crippen LogP contribution in [0.3, 0.4) is 0 Å². The van der Waals surface area contributed by atoms with Gasteiger partial charge in [0.05, 0.1) is 23.4 Å². The van der Waals surface area contributed by atoms with Crippen molar-refractivity contribution in [2.75, 3.05) is 12.4 Å². The number of hydrogen-bond acceptors (Lipinski definition) is 5. The first-order valence-corrected chi connectivity index (χ1v) is 6.88. The van der Waals surface area contributed by atoms with E-state index in [4.69, 9.17) is 9.84 Å². The molecule has 1 heterocycles. The van der Waals surface area contributed by atoms with Gasteiger partial charge >= 0.3 is 5.97 Å². The number of methoxy groups -OCH3 is 1. The van der Waals surface area contributed by atoms with Crippen LogP contribution in [0.4, 0.5) is 5.69 Å². The Labute approximate surface area is 133 Å². The second-order valence-corrected chi connectivity index (χ2v) is 5.03. The Bertz CT molecular complexity index is 759. The molecule has 2 rings (SSSR count). The minimum atomic E-state index is -1.08. The van der Waals surface area contributed by atoms with Crippen LogP contribution < -0.4 is 5.32 Å². The monoisotopic (exact) mass is 315 g/mol. The molecule has 1 amide bonds. The third kappa shape index (κ3) is 4.10. The number of anilines is 1. The first-order chi connectivity index (χ1) is 10.9. The number of rotatable bonds is 5. The average molecular weight is 315 g/mol. The first-order valence-electron chi connectivity index (χ1n) is 6.88. The number of benzene rings is 1. The van der Waals surface area contributed by atoms with Crippen LogP contribution in [0.15, 0.2) is 24.4 Å². The summed E-state index contributed by atoms with van der Waals surface area (Å²) in [6.45, 7) is 3.70. The maximum Gasteiger partial charge on any atom is 0.335 e. The predicted molar refractivity (Wildman–Crippen MR) is 83.6 cm³/mol. The van der Waals surface area contributed by atoms with Gasteiger partial charge in [-0.05, 0) is 37.6 Å². The summed E-state index contributed by atoms with van der Waals surface area (Å²) in [7, 11) is 1.51. The third-order valence-electron chi connectivity index (χ3n) is 3.15. The third-order valence-corrected chi connectivity index (χ3v) is 3.15. The molecule has 0 unspecified atom stereocenters. The molecular weight excluding hydrogens is 298 g/mol. The zero-order valence-electron chi connectivity index (χ0n) is 13.1. The number of aryl methyl sites for hydroxylation is 2. The van der Waals surface area contributed by atoms with Gasteiger partial charge in [0.2, 0.25) is 0 Å². The van der Waals surface area contributed by atoms with E-state index in [1.54, 1.807) is 19.9 Å². The topological polar surface area (TPSA) is 101 Å². The molecular formula is C16H17N3O4. The van der Waals surface area contributed by atoms with Gasteiger partial charge in [-0.15, -0.1) is 0 Å². The molecule has 0 saturated heterocycles. The standard InChI is InChI=1S/C16H17N3O4/c1-9-14(7-17-10(2)18-9)15(20)19-13-5-11(8-23-3)4-12(6-13)16(21)22/h4-7H,8H2,1-3H3,(H,19,20)(H,21,22). The Morgan fingerprint density at radius 2 is 2.00 bits per heavy atom. The highest BCUT2D eigenvalue weighted by Gasteiger charge is 2.13. The van der Waals surface area contributed by atoms with Gasteiger partial charge in [-0.1, -0.05) is 0 Å². The molecule has 7 nitrogen and oxygen atoms in total. The van der Waals surface area contributed by atoms with Crippen molar-refractivity contribution in [2.24, 2.45) is 0 Å². The lowest BCUT2D eigenvalue weighted by atomic mass is 10.1. The number of nitrogens with zero attached hydrogens (tertiary/aromatic N) is 2. The Kier molecular flexibility index (Phi) is 5.02. The molecule has 23 heavy (non-hydrogen) atoms. The van der Waals surface area contributed by atoms with E-state index in [1.165, 1.54) is 25.4 Å². The molecule has 0 atom stereocenters. The van der Waals surface area contributed by atoms with E-state index in [-0.39, 0.29) is 12.2 Å². The van der Waals surface area contributed by atoms with Crippen LogP contribution in [0.5, 0.6) is 0 Å². The Morgan fingerprint density at radius 1 is 1.26 bits per heavy atom. The van der Waals surface area contributed by atoms with Crippen LogP contribution in [-0.2, 0) is 11.3 Å². The van der Waals surface area contributed by atoms with Crippen LogP contribution in [0, 0.1) is 13.8 Å². The van der Waals surface area contributed by atoms with Gasteiger partial charge in [0.25, 0.3) is 5.91 Å². The number of amides is 1. The quantitative estimate of drug-likeness (QED) is 0.877. The minimum Gasteiger partial charge on any atom is -0.478 e. The van der Waals surface area contributed by atoms with Gasteiger partial charge in [-0.25, -0.2) is 14.8 Å². The summed E-state index contributed by atoms with van der Waals surface area (Å²) in [4.78, 5) is 31.7. The minimum absolute atomic E-state index is 0.0757. The van der Waals surface area contributed by atoms with E-state index in [9.17, 15) is 9.59 Å². The molecule has 0 aliphatic heterocycles. The van der Waals surface area contributed by atoms with Crippen molar-refractivity contribution < 1.29 is 19.4 Å². The van der Waals surface area contributed by atoms with Crippen molar-refractivity contribution >= 4 is 17.6 Å². The molecule has 0 aliphatic rings.